The predicted octanol–water partition coefficient (Wildman–Crippen LogP) is 3.21. The van der Waals surface area contributed by atoms with Gasteiger partial charge in [0.1, 0.15) is 11.2 Å². The van der Waals surface area contributed by atoms with Crippen molar-refractivity contribution in [2.75, 3.05) is 18.0 Å². The lowest BCUT2D eigenvalue weighted by Gasteiger charge is -2.27. The molecule has 0 amide bonds. The largest absolute Gasteiger partial charge is 0.341 e. The van der Waals surface area contributed by atoms with Crippen molar-refractivity contribution in [1.29, 1.82) is 0 Å². The molecular weight excluding hydrogens is 294 g/mol. The Labute approximate surface area is 133 Å². The standard InChI is InChI=1S/C16H19N5S/c1-4-8-20(9-5-1)16-19-15-13(14-17-10-18-21(14)16)11-6-2-3-7-12(11)22-15/h10H,1-9H2. The highest BCUT2D eigenvalue weighted by Gasteiger charge is 2.24. The molecule has 0 unspecified atom stereocenters. The van der Waals surface area contributed by atoms with Gasteiger partial charge in [0.2, 0.25) is 5.95 Å². The van der Waals surface area contributed by atoms with Crippen molar-refractivity contribution in [1.82, 2.24) is 19.6 Å². The van der Waals surface area contributed by atoms with Crippen molar-refractivity contribution in [2.24, 2.45) is 0 Å². The summed E-state index contributed by atoms with van der Waals surface area (Å²) in [4.78, 5) is 14.6. The minimum atomic E-state index is 0.985. The lowest BCUT2D eigenvalue weighted by atomic mass is 9.97. The first-order valence-corrected chi connectivity index (χ1v) is 9.12. The fourth-order valence-electron chi connectivity index (χ4n) is 3.86. The van der Waals surface area contributed by atoms with Gasteiger partial charge in [0.15, 0.2) is 5.65 Å². The van der Waals surface area contributed by atoms with Gasteiger partial charge in [-0.2, -0.15) is 9.61 Å². The monoisotopic (exact) mass is 313 g/mol. The summed E-state index contributed by atoms with van der Waals surface area (Å²) in [5, 5.41) is 5.74. The molecule has 0 atom stereocenters. The van der Waals surface area contributed by atoms with Gasteiger partial charge in [0.05, 0.1) is 5.39 Å². The summed E-state index contributed by atoms with van der Waals surface area (Å²) in [6.07, 6.45) is 10.5. The summed E-state index contributed by atoms with van der Waals surface area (Å²) < 4.78 is 1.97. The van der Waals surface area contributed by atoms with Crippen LogP contribution in [-0.2, 0) is 12.8 Å². The molecule has 0 radical (unpaired) electrons. The first kappa shape index (κ1) is 12.8. The molecule has 1 aliphatic carbocycles. The molecule has 114 valence electrons. The van der Waals surface area contributed by atoms with E-state index in [1.54, 1.807) is 6.33 Å². The van der Waals surface area contributed by atoms with E-state index in [0.717, 1.165) is 29.5 Å². The summed E-state index contributed by atoms with van der Waals surface area (Å²) in [6.45, 7) is 2.16. The SMILES string of the molecule is c1nc2c3c4c(sc3nc(N3CCCCC3)n2n1)CCCC4. The molecule has 3 aromatic heterocycles. The zero-order valence-electron chi connectivity index (χ0n) is 12.6. The molecule has 1 fully saturated rings. The van der Waals surface area contributed by atoms with Crippen LogP contribution in [0.4, 0.5) is 5.95 Å². The highest BCUT2D eigenvalue weighted by molar-refractivity contribution is 7.19. The van der Waals surface area contributed by atoms with Crippen molar-refractivity contribution < 1.29 is 0 Å². The van der Waals surface area contributed by atoms with E-state index in [1.807, 2.05) is 15.9 Å². The number of hydrogen-bond acceptors (Lipinski definition) is 5. The molecule has 6 heteroatoms. The molecular formula is C16H19N5S. The molecule has 3 aromatic rings. The number of nitrogens with zero attached hydrogens (tertiary/aromatic N) is 5. The maximum atomic E-state index is 5.01. The fourth-order valence-corrected chi connectivity index (χ4v) is 5.11. The maximum absolute atomic E-state index is 5.01. The van der Waals surface area contributed by atoms with Gasteiger partial charge in [-0.25, -0.2) is 9.97 Å². The van der Waals surface area contributed by atoms with Gasteiger partial charge in [-0.15, -0.1) is 11.3 Å². The van der Waals surface area contributed by atoms with Crippen molar-refractivity contribution in [3.05, 3.63) is 16.8 Å². The number of anilines is 1. The number of aromatic nitrogens is 4. The molecule has 0 spiro atoms. The molecule has 1 saturated heterocycles. The van der Waals surface area contributed by atoms with Crippen LogP contribution in [-0.4, -0.2) is 32.7 Å². The lowest BCUT2D eigenvalue weighted by molar-refractivity contribution is 0.563. The van der Waals surface area contributed by atoms with Crippen molar-refractivity contribution in [3.63, 3.8) is 0 Å². The van der Waals surface area contributed by atoms with E-state index in [9.17, 15) is 0 Å². The van der Waals surface area contributed by atoms with Gasteiger partial charge in [0, 0.05) is 18.0 Å². The summed E-state index contributed by atoms with van der Waals surface area (Å²) in [7, 11) is 0. The quantitative estimate of drug-likeness (QED) is 0.692. The third-order valence-corrected chi connectivity index (χ3v) is 6.14. The summed E-state index contributed by atoms with van der Waals surface area (Å²) >= 11 is 1.88. The Morgan fingerprint density at radius 2 is 1.86 bits per heavy atom. The van der Waals surface area contributed by atoms with Gasteiger partial charge < -0.3 is 4.90 Å². The van der Waals surface area contributed by atoms with Crippen LogP contribution < -0.4 is 4.90 Å². The average Bonchev–Trinajstić information content (AvgIpc) is 3.18. The van der Waals surface area contributed by atoms with Gasteiger partial charge in [-0.05, 0) is 50.5 Å². The van der Waals surface area contributed by atoms with Crippen LogP contribution in [0.5, 0.6) is 0 Å². The predicted molar refractivity (Wildman–Crippen MR) is 88.9 cm³/mol. The molecule has 5 rings (SSSR count). The summed E-state index contributed by atoms with van der Waals surface area (Å²) in [5.41, 5.74) is 2.49. The molecule has 0 saturated carbocycles. The smallest absolute Gasteiger partial charge is 0.229 e. The fraction of sp³-hybridized carbons (Fsp3) is 0.562. The Bertz CT molecular complexity index is 843. The Kier molecular flexibility index (Phi) is 2.86. The van der Waals surface area contributed by atoms with Gasteiger partial charge >= 0.3 is 0 Å². The van der Waals surface area contributed by atoms with Gasteiger partial charge in [-0.3, -0.25) is 0 Å². The zero-order chi connectivity index (χ0) is 14.5. The van der Waals surface area contributed by atoms with Gasteiger partial charge in [0.25, 0.3) is 0 Å². The molecule has 2 aliphatic rings. The molecule has 5 nitrogen and oxygen atoms in total. The minimum absolute atomic E-state index is 0.985. The number of aryl methyl sites for hydroxylation is 2. The van der Waals surface area contributed by atoms with E-state index in [1.165, 1.54) is 60.8 Å². The second-order valence-electron chi connectivity index (χ2n) is 6.35. The van der Waals surface area contributed by atoms with E-state index < -0.39 is 0 Å². The van der Waals surface area contributed by atoms with Crippen molar-refractivity contribution >= 4 is 33.1 Å². The highest BCUT2D eigenvalue weighted by atomic mass is 32.1. The van der Waals surface area contributed by atoms with E-state index >= 15 is 0 Å². The van der Waals surface area contributed by atoms with E-state index in [-0.39, 0.29) is 0 Å². The Morgan fingerprint density at radius 1 is 1.00 bits per heavy atom. The molecule has 1 aliphatic heterocycles. The minimum Gasteiger partial charge on any atom is -0.341 e. The first-order chi connectivity index (χ1) is 10.9. The number of rotatable bonds is 1. The summed E-state index contributed by atoms with van der Waals surface area (Å²) in [5.74, 6) is 0.985. The lowest BCUT2D eigenvalue weighted by Crippen LogP contribution is -2.32. The molecule has 22 heavy (non-hydrogen) atoms. The highest BCUT2D eigenvalue weighted by Crippen LogP contribution is 2.38. The molecule has 0 N–H and O–H groups in total. The number of hydrogen-bond donors (Lipinski definition) is 0. The average molecular weight is 313 g/mol. The number of thiophene rings is 1. The van der Waals surface area contributed by atoms with E-state index in [2.05, 4.69) is 15.0 Å². The van der Waals surface area contributed by atoms with Crippen LogP contribution in [0.25, 0.3) is 15.9 Å². The Balaban J connectivity index is 1.78. The first-order valence-electron chi connectivity index (χ1n) is 8.31. The summed E-state index contributed by atoms with van der Waals surface area (Å²) in [6, 6.07) is 0. The Morgan fingerprint density at radius 3 is 2.77 bits per heavy atom. The maximum Gasteiger partial charge on any atom is 0.229 e. The van der Waals surface area contributed by atoms with Crippen LogP contribution in [0.3, 0.4) is 0 Å². The Hall–Kier alpha value is -1.69. The van der Waals surface area contributed by atoms with Crippen molar-refractivity contribution in [3.8, 4) is 0 Å². The third kappa shape index (κ3) is 1.79. The third-order valence-electron chi connectivity index (χ3n) is 4.95. The van der Waals surface area contributed by atoms with Gasteiger partial charge in [-0.1, -0.05) is 0 Å². The van der Waals surface area contributed by atoms with E-state index in [0.29, 0.717) is 0 Å². The number of piperidine rings is 1. The van der Waals surface area contributed by atoms with Crippen LogP contribution in [0.1, 0.15) is 42.5 Å². The second kappa shape index (κ2) is 4.91. The second-order valence-corrected chi connectivity index (χ2v) is 7.43. The van der Waals surface area contributed by atoms with Crippen LogP contribution in [0.2, 0.25) is 0 Å². The van der Waals surface area contributed by atoms with Crippen LogP contribution >= 0.6 is 11.3 Å². The molecule has 0 bridgehead atoms. The molecule has 0 aromatic carbocycles. The van der Waals surface area contributed by atoms with Crippen LogP contribution in [0, 0.1) is 0 Å². The molecule has 4 heterocycles. The zero-order valence-corrected chi connectivity index (χ0v) is 13.4. The van der Waals surface area contributed by atoms with Crippen molar-refractivity contribution in [2.45, 2.75) is 44.9 Å². The van der Waals surface area contributed by atoms with Crippen LogP contribution in [0.15, 0.2) is 6.33 Å². The number of fused-ring (bicyclic) bond motifs is 5. The normalized spacial score (nSPS) is 19.0. The topological polar surface area (TPSA) is 46.3 Å². The van der Waals surface area contributed by atoms with E-state index in [4.69, 9.17) is 4.98 Å².